The number of carbonyl (C=O) groups is 1. The maximum absolute atomic E-state index is 13.1. The Bertz CT molecular complexity index is 1040. The van der Waals surface area contributed by atoms with E-state index in [1.165, 1.54) is 23.0 Å². The Labute approximate surface area is 153 Å². The monoisotopic (exact) mass is 425 g/mol. The molecule has 0 N–H and O–H groups in total. The van der Waals surface area contributed by atoms with Gasteiger partial charge in [0.05, 0.1) is 16.1 Å². The normalized spacial score (nSPS) is 11.8. The van der Waals surface area contributed by atoms with Crippen molar-refractivity contribution in [1.82, 2.24) is 3.97 Å². The molecule has 4 nitrogen and oxygen atoms in total. The van der Waals surface area contributed by atoms with Gasteiger partial charge < -0.3 is 0 Å². The van der Waals surface area contributed by atoms with Gasteiger partial charge in [-0.15, -0.1) is 0 Å². The van der Waals surface area contributed by atoms with Crippen LogP contribution in [0.2, 0.25) is 5.02 Å². The number of ketones is 1. The summed E-state index contributed by atoms with van der Waals surface area (Å²) >= 11 is 9.37. The summed E-state index contributed by atoms with van der Waals surface area (Å²) in [6.45, 7) is 1.42. The number of halogens is 2. The molecule has 3 rings (SSSR count). The van der Waals surface area contributed by atoms with E-state index in [-0.39, 0.29) is 16.0 Å². The zero-order chi connectivity index (χ0) is 17.5. The first-order valence-electron chi connectivity index (χ1n) is 7.08. The number of carbonyl (C=O) groups excluding carboxylic acids is 1. The number of hydrogen-bond donors (Lipinski definition) is 0. The van der Waals surface area contributed by atoms with Crippen LogP contribution in [0.15, 0.2) is 53.4 Å². The maximum atomic E-state index is 13.1. The second-order valence-electron chi connectivity index (χ2n) is 5.26. The molecule has 0 aliphatic rings. The fourth-order valence-electron chi connectivity index (χ4n) is 2.77. The smallest absolute Gasteiger partial charge is 0.268 e. The molecule has 2 aromatic carbocycles. The Morgan fingerprint density at radius 1 is 1.17 bits per heavy atom. The van der Waals surface area contributed by atoms with Gasteiger partial charge in [0.15, 0.2) is 5.78 Å². The van der Waals surface area contributed by atoms with Gasteiger partial charge in [0, 0.05) is 21.3 Å². The summed E-state index contributed by atoms with van der Waals surface area (Å²) in [5.74, 6) is -0.210. The quantitative estimate of drug-likeness (QED) is 0.451. The average molecular weight is 427 g/mol. The van der Waals surface area contributed by atoms with Gasteiger partial charge >= 0.3 is 0 Å². The first-order valence-corrected chi connectivity index (χ1v) is 10.0. The van der Waals surface area contributed by atoms with E-state index >= 15 is 0 Å². The summed E-state index contributed by atoms with van der Waals surface area (Å²) in [7, 11) is -3.84. The molecule has 0 spiro atoms. The van der Waals surface area contributed by atoms with E-state index in [0.717, 1.165) is 0 Å². The molecule has 1 aromatic heterocycles. The highest BCUT2D eigenvalue weighted by atomic mass is 79.9. The molecular formula is C17H13BrClNO3S. The second kappa shape index (κ2) is 6.35. The summed E-state index contributed by atoms with van der Waals surface area (Å²) in [5.41, 5.74) is 1.19. The largest absolute Gasteiger partial charge is 0.294 e. The van der Waals surface area contributed by atoms with Gasteiger partial charge in [-0.3, -0.25) is 4.79 Å². The van der Waals surface area contributed by atoms with Crippen molar-refractivity contribution in [3.8, 4) is 0 Å². The molecular weight excluding hydrogens is 414 g/mol. The highest BCUT2D eigenvalue weighted by Gasteiger charge is 2.27. The summed E-state index contributed by atoms with van der Waals surface area (Å²) in [6.07, 6.45) is 0. The molecule has 0 unspecified atom stereocenters. The number of hydrogen-bond acceptors (Lipinski definition) is 3. The van der Waals surface area contributed by atoms with Gasteiger partial charge in [-0.2, -0.15) is 0 Å². The number of aromatic nitrogens is 1. The summed E-state index contributed by atoms with van der Waals surface area (Å²) in [5, 5.41) is 1.20. The summed E-state index contributed by atoms with van der Waals surface area (Å²) < 4.78 is 27.5. The van der Waals surface area contributed by atoms with Crippen LogP contribution < -0.4 is 0 Å². The number of benzene rings is 2. The molecule has 0 amide bonds. The van der Waals surface area contributed by atoms with E-state index in [4.69, 9.17) is 11.6 Å². The highest BCUT2D eigenvalue weighted by molar-refractivity contribution is 9.08. The van der Waals surface area contributed by atoms with Crippen molar-refractivity contribution in [2.75, 3.05) is 0 Å². The van der Waals surface area contributed by atoms with E-state index in [1.807, 2.05) is 0 Å². The molecule has 24 heavy (non-hydrogen) atoms. The Morgan fingerprint density at radius 3 is 2.42 bits per heavy atom. The molecule has 0 atom stereocenters. The van der Waals surface area contributed by atoms with E-state index in [1.54, 1.807) is 36.4 Å². The van der Waals surface area contributed by atoms with Crippen LogP contribution in [-0.4, -0.2) is 18.2 Å². The predicted octanol–water partition coefficient (Wildman–Crippen LogP) is 4.63. The molecule has 1 heterocycles. The van der Waals surface area contributed by atoms with Gasteiger partial charge in [0.25, 0.3) is 10.0 Å². The summed E-state index contributed by atoms with van der Waals surface area (Å²) in [4.78, 5) is 12.3. The summed E-state index contributed by atoms with van der Waals surface area (Å²) in [6, 6.07) is 13.0. The lowest BCUT2D eigenvalue weighted by Gasteiger charge is -2.11. The number of Topliss-reactive ketones (excluding diaryl/α,β-unsaturated/α-hetero) is 1. The molecule has 0 bridgehead atoms. The fraction of sp³-hybridized carbons (Fsp3) is 0.118. The molecule has 0 aliphatic heterocycles. The zero-order valence-electron chi connectivity index (χ0n) is 12.7. The fourth-order valence-corrected chi connectivity index (χ4v) is 5.22. The topological polar surface area (TPSA) is 56.1 Å². The lowest BCUT2D eigenvalue weighted by molar-refractivity contribution is 0.101. The molecule has 0 saturated heterocycles. The van der Waals surface area contributed by atoms with Crippen molar-refractivity contribution in [1.29, 1.82) is 0 Å². The van der Waals surface area contributed by atoms with Crippen LogP contribution >= 0.6 is 27.5 Å². The lowest BCUT2D eigenvalue weighted by atomic mass is 10.1. The van der Waals surface area contributed by atoms with Crippen LogP contribution in [-0.2, 0) is 15.4 Å². The maximum Gasteiger partial charge on any atom is 0.268 e. The standard InChI is InChI=1S/C17H13BrClNO3S/c1-11(21)17-14-9-12(19)7-8-15(14)20(16(17)10-18)24(22,23)13-5-3-2-4-6-13/h2-9H,10H2,1H3. The van der Waals surface area contributed by atoms with Crippen LogP contribution in [0.3, 0.4) is 0 Å². The number of fused-ring (bicyclic) bond motifs is 1. The Kier molecular flexibility index (Phi) is 4.55. The van der Waals surface area contributed by atoms with Crippen LogP contribution in [0.1, 0.15) is 23.0 Å². The molecule has 124 valence electrons. The van der Waals surface area contributed by atoms with Crippen molar-refractivity contribution in [3.05, 3.63) is 64.8 Å². The number of rotatable bonds is 4. The minimum atomic E-state index is -3.84. The zero-order valence-corrected chi connectivity index (χ0v) is 15.8. The SMILES string of the molecule is CC(=O)c1c(CBr)n(S(=O)(=O)c2ccccc2)c2ccc(Cl)cc12. The first-order chi connectivity index (χ1) is 11.4. The first kappa shape index (κ1) is 17.2. The van der Waals surface area contributed by atoms with E-state index in [9.17, 15) is 13.2 Å². The minimum Gasteiger partial charge on any atom is -0.294 e. The van der Waals surface area contributed by atoms with Gasteiger partial charge in [-0.1, -0.05) is 45.7 Å². The van der Waals surface area contributed by atoms with Crippen molar-refractivity contribution >= 4 is 54.2 Å². The molecule has 3 aromatic rings. The van der Waals surface area contributed by atoms with Gasteiger partial charge in [0.1, 0.15) is 0 Å². The third-order valence-electron chi connectivity index (χ3n) is 3.74. The van der Waals surface area contributed by atoms with E-state index in [2.05, 4.69) is 15.9 Å². The molecule has 0 saturated carbocycles. The van der Waals surface area contributed by atoms with E-state index in [0.29, 0.717) is 27.2 Å². The molecule has 0 fully saturated rings. The number of nitrogens with zero attached hydrogens (tertiary/aromatic N) is 1. The minimum absolute atomic E-state index is 0.161. The van der Waals surface area contributed by atoms with Crippen molar-refractivity contribution in [2.24, 2.45) is 0 Å². The van der Waals surface area contributed by atoms with Gasteiger partial charge in [-0.05, 0) is 37.3 Å². The molecule has 7 heteroatoms. The van der Waals surface area contributed by atoms with Crippen LogP contribution in [0.5, 0.6) is 0 Å². The predicted molar refractivity (Wildman–Crippen MR) is 98.6 cm³/mol. The second-order valence-corrected chi connectivity index (χ2v) is 8.04. The highest BCUT2D eigenvalue weighted by Crippen LogP contribution is 2.33. The Hall–Kier alpha value is -1.63. The number of alkyl halides is 1. The van der Waals surface area contributed by atoms with Crippen molar-refractivity contribution in [2.45, 2.75) is 17.1 Å². The molecule has 0 aliphatic carbocycles. The van der Waals surface area contributed by atoms with Crippen LogP contribution in [0.4, 0.5) is 0 Å². The Balaban J connectivity index is 2.47. The lowest BCUT2D eigenvalue weighted by Crippen LogP contribution is -2.16. The third kappa shape index (κ3) is 2.68. The average Bonchev–Trinajstić information content (AvgIpc) is 2.89. The van der Waals surface area contributed by atoms with Gasteiger partial charge in [0.2, 0.25) is 0 Å². The van der Waals surface area contributed by atoms with Crippen LogP contribution in [0, 0.1) is 0 Å². The third-order valence-corrected chi connectivity index (χ3v) is 6.27. The van der Waals surface area contributed by atoms with Crippen molar-refractivity contribution in [3.63, 3.8) is 0 Å². The van der Waals surface area contributed by atoms with E-state index < -0.39 is 10.0 Å². The Morgan fingerprint density at radius 2 is 1.83 bits per heavy atom. The van der Waals surface area contributed by atoms with Crippen LogP contribution in [0.25, 0.3) is 10.9 Å². The van der Waals surface area contributed by atoms with Gasteiger partial charge in [-0.25, -0.2) is 12.4 Å². The molecule has 0 radical (unpaired) electrons. The van der Waals surface area contributed by atoms with Crippen molar-refractivity contribution < 1.29 is 13.2 Å².